The van der Waals surface area contributed by atoms with Crippen LogP contribution in [0.4, 0.5) is 0 Å². The molecule has 0 spiro atoms. The molecule has 0 saturated carbocycles. The lowest BCUT2D eigenvalue weighted by atomic mass is 9.92. The molecule has 4 nitrogen and oxygen atoms in total. The number of hydrogen-bond donors (Lipinski definition) is 1. The van der Waals surface area contributed by atoms with Crippen molar-refractivity contribution in [3.63, 3.8) is 0 Å². The number of para-hydroxylation sites is 6. The number of benzene rings is 10. The van der Waals surface area contributed by atoms with Gasteiger partial charge in [-0.2, -0.15) is 0 Å². The van der Waals surface area contributed by atoms with Crippen LogP contribution >= 0.6 is 0 Å². The average Bonchev–Trinajstić information content (AvgIpc) is 4.07. The highest BCUT2D eigenvalue weighted by atomic mass is 15.0. The van der Waals surface area contributed by atoms with Crippen molar-refractivity contribution in [2.75, 3.05) is 0 Å². The van der Waals surface area contributed by atoms with Crippen LogP contribution < -0.4 is 5.32 Å². The Hall–Kier alpha value is -9.12. The molecule has 1 N–H and O–H groups in total. The van der Waals surface area contributed by atoms with Crippen LogP contribution in [-0.2, 0) is 0 Å². The standard InChI is InChI=1S/C65H44N4/c1-2-17-43(18-3-1)48-40-58(44-33-35-49(36-34-44)67-60-27-10-4-21-52(60)53-22-5-11-28-61(53)67)66-59(41-48)46-20-16-19-45(37-46)47-38-50(68-62-29-12-6-23-54(62)55-24-7-13-30-63(55)68)42-51(39-47)69-64-31-14-8-25-56(64)57-26-9-15-32-65(57)69/h1-42,59,66H. The van der Waals surface area contributed by atoms with Crippen molar-refractivity contribution in [3.05, 3.63) is 271 Å². The molecule has 4 heterocycles. The number of nitrogens with zero attached hydrogens (tertiary/aromatic N) is 3. The highest BCUT2D eigenvalue weighted by Crippen LogP contribution is 2.40. The van der Waals surface area contributed by atoms with Gasteiger partial charge in [-0.15, -0.1) is 0 Å². The number of aromatic nitrogens is 3. The van der Waals surface area contributed by atoms with Gasteiger partial charge in [0.25, 0.3) is 0 Å². The first-order chi connectivity index (χ1) is 34.2. The Morgan fingerprint density at radius 2 is 0.696 bits per heavy atom. The minimum Gasteiger partial charge on any atom is -0.374 e. The molecular formula is C65H44N4. The Labute approximate surface area is 399 Å². The number of hydrogen-bond acceptors (Lipinski definition) is 1. The summed E-state index contributed by atoms with van der Waals surface area (Å²) in [6.07, 6.45) is 4.68. The molecule has 324 valence electrons. The molecule has 1 aliphatic rings. The summed E-state index contributed by atoms with van der Waals surface area (Å²) >= 11 is 0. The van der Waals surface area contributed by atoms with Crippen molar-refractivity contribution in [2.45, 2.75) is 6.04 Å². The third-order valence-corrected chi connectivity index (χ3v) is 14.2. The molecule has 1 aliphatic heterocycles. The van der Waals surface area contributed by atoms with Crippen LogP contribution in [0, 0.1) is 0 Å². The van der Waals surface area contributed by atoms with Crippen molar-refractivity contribution in [2.24, 2.45) is 0 Å². The van der Waals surface area contributed by atoms with Gasteiger partial charge in [-0.3, -0.25) is 0 Å². The second-order valence-corrected chi connectivity index (χ2v) is 18.2. The van der Waals surface area contributed by atoms with E-state index < -0.39 is 0 Å². The van der Waals surface area contributed by atoms with Gasteiger partial charge in [0.15, 0.2) is 0 Å². The summed E-state index contributed by atoms with van der Waals surface area (Å²) in [4.78, 5) is 0. The Morgan fingerprint density at radius 3 is 1.16 bits per heavy atom. The van der Waals surface area contributed by atoms with E-state index in [1.54, 1.807) is 0 Å². The summed E-state index contributed by atoms with van der Waals surface area (Å²) in [5.41, 5.74) is 18.6. The smallest absolute Gasteiger partial charge is 0.0707 e. The van der Waals surface area contributed by atoms with Crippen LogP contribution in [0.25, 0.3) is 105 Å². The largest absolute Gasteiger partial charge is 0.374 e. The molecule has 0 fully saturated rings. The minimum absolute atomic E-state index is 0.0884. The molecule has 69 heavy (non-hydrogen) atoms. The number of allylic oxidation sites excluding steroid dienone is 2. The first-order valence-corrected chi connectivity index (χ1v) is 23.8. The van der Waals surface area contributed by atoms with E-state index in [4.69, 9.17) is 0 Å². The van der Waals surface area contributed by atoms with E-state index in [9.17, 15) is 0 Å². The van der Waals surface area contributed by atoms with E-state index in [1.165, 1.54) is 82.1 Å². The summed E-state index contributed by atoms with van der Waals surface area (Å²) in [6.45, 7) is 0. The Balaban J connectivity index is 0.905. The first kappa shape index (κ1) is 39.1. The topological polar surface area (TPSA) is 26.8 Å². The van der Waals surface area contributed by atoms with Crippen molar-refractivity contribution >= 4 is 76.7 Å². The van der Waals surface area contributed by atoms with E-state index in [-0.39, 0.29) is 6.04 Å². The van der Waals surface area contributed by atoms with Crippen LogP contribution in [0.1, 0.15) is 22.7 Å². The van der Waals surface area contributed by atoms with E-state index >= 15 is 0 Å². The van der Waals surface area contributed by atoms with Gasteiger partial charge in [0.1, 0.15) is 0 Å². The zero-order chi connectivity index (χ0) is 45.4. The third kappa shape index (κ3) is 6.37. The first-order valence-electron chi connectivity index (χ1n) is 23.8. The lowest BCUT2D eigenvalue weighted by Gasteiger charge is -2.26. The lowest BCUT2D eigenvalue weighted by molar-refractivity contribution is 0.767. The van der Waals surface area contributed by atoms with Crippen LogP contribution in [0.2, 0.25) is 0 Å². The van der Waals surface area contributed by atoms with Gasteiger partial charge in [-0.1, -0.05) is 170 Å². The quantitative estimate of drug-likeness (QED) is 0.170. The van der Waals surface area contributed by atoms with Crippen molar-refractivity contribution in [1.29, 1.82) is 0 Å². The molecular weight excluding hydrogens is 837 g/mol. The van der Waals surface area contributed by atoms with Crippen molar-refractivity contribution in [1.82, 2.24) is 19.0 Å². The maximum Gasteiger partial charge on any atom is 0.0707 e. The number of dihydropyridines is 1. The SMILES string of the molecule is C1=C(c2ccccc2)C=C(c2ccc(-n3c4ccccc4c4ccccc43)cc2)NC1c1cccc(-c2cc(-n3c4ccccc4c4ccccc43)cc(-n3c4ccccc4c4ccccc43)c2)c1. The van der Waals surface area contributed by atoms with Gasteiger partial charge < -0.3 is 19.0 Å². The van der Waals surface area contributed by atoms with Gasteiger partial charge in [-0.05, 0) is 118 Å². The van der Waals surface area contributed by atoms with Gasteiger partial charge in [0.2, 0.25) is 0 Å². The molecule has 1 unspecified atom stereocenters. The fraction of sp³-hybridized carbons (Fsp3) is 0.0154. The third-order valence-electron chi connectivity index (χ3n) is 14.2. The van der Waals surface area contributed by atoms with E-state index in [0.29, 0.717) is 0 Å². The Bertz CT molecular complexity index is 3920. The molecule has 14 rings (SSSR count). The number of nitrogens with one attached hydrogen (secondary N) is 1. The molecule has 0 bridgehead atoms. The van der Waals surface area contributed by atoms with E-state index in [2.05, 4.69) is 274 Å². The van der Waals surface area contributed by atoms with Crippen LogP contribution in [0.5, 0.6) is 0 Å². The fourth-order valence-electron chi connectivity index (χ4n) is 11.1. The fourth-order valence-corrected chi connectivity index (χ4v) is 11.1. The molecule has 10 aromatic carbocycles. The predicted molar refractivity (Wildman–Crippen MR) is 290 cm³/mol. The molecule has 0 aliphatic carbocycles. The summed E-state index contributed by atoms with van der Waals surface area (Å²) < 4.78 is 7.26. The monoisotopic (exact) mass is 880 g/mol. The Kier molecular flexibility index (Phi) is 8.93. The van der Waals surface area contributed by atoms with Gasteiger partial charge in [0, 0.05) is 55.1 Å². The molecule has 3 aromatic heterocycles. The number of rotatable bonds is 7. The van der Waals surface area contributed by atoms with Crippen LogP contribution in [0.15, 0.2) is 255 Å². The molecule has 1 atom stereocenters. The van der Waals surface area contributed by atoms with Gasteiger partial charge in [-0.25, -0.2) is 0 Å². The minimum atomic E-state index is -0.0884. The van der Waals surface area contributed by atoms with E-state index in [0.717, 1.165) is 39.4 Å². The summed E-state index contributed by atoms with van der Waals surface area (Å²) in [6, 6.07) is 88.5. The maximum atomic E-state index is 4.00. The van der Waals surface area contributed by atoms with Crippen LogP contribution in [-0.4, -0.2) is 13.7 Å². The summed E-state index contributed by atoms with van der Waals surface area (Å²) in [7, 11) is 0. The molecule has 0 amide bonds. The highest BCUT2D eigenvalue weighted by Gasteiger charge is 2.22. The van der Waals surface area contributed by atoms with Crippen molar-refractivity contribution in [3.8, 4) is 28.2 Å². The van der Waals surface area contributed by atoms with Crippen LogP contribution in [0.3, 0.4) is 0 Å². The zero-order valence-electron chi connectivity index (χ0n) is 37.7. The average molecular weight is 881 g/mol. The molecule has 0 saturated heterocycles. The zero-order valence-corrected chi connectivity index (χ0v) is 37.7. The van der Waals surface area contributed by atoms with E-state index in [1.807, 2.05) is 0 Å². The summed E-state index contributed by atoms with van der Waals surface area (Å²) in [5.74, 6) is 0. The normalized spacial score (nSPS) is 13.9. The predicted octanol–water partition coefficient (Wildman–Crippen LogP) is 16.4. The van der Waals surface area contributed by atoms with Gasteiger partial charge in [0.05, 0.1) is 39.1 Å². The molecule has 13 aromatic rings. The summed E-state index contributed by atoms with van der Waals surface area (Å²) in [5, 5.41) is 11.5. The molecule has 4 heteroatoms. The number of fused-ring (bicyclic) bond motifs is 9. The lowest BCUT2D eigenvalue weighted by Crippen LogP contribution is -2.21. The Morgan fingerprint density at radius 1 is 0.290 bits per heavy atom. The van der Waals surface area contributed by atoms with Crippen molar-refractivity contribution < 1.29 is 0 Å². The highest BCUT2D eigenvalue weighted by molar-refractivity contribution is 6.11. The second kappa shape index (κ2) is 15.8. The molecule has 0 radical (unpaired) electrons. The second-order valence-electron chi connectivity index (χ2n) is 18.2. The van der Waals surface area contributed by atoms with Gasteiger partial charge >= 0.3 is 0 Å². The maximum absolute atomic E-state index is 4.00.